The molecule has 4 nitrogen and oxygen atoms in total. The van der Waals surface area contributed by atoms with Gasteiger partial charge in [-0.2, -0.15) is 0 Å². The van der Waals surface area contributed by atoms with E-state index < -0.39 is 5.97 Å². The minimum Gasteiger partial charge on any atom is -0.478 e. The van der Waals surface area contributed by atoms with Crippen molar-refractivity contribution < 1.29 is 9.90 Å². The van der Waals surface area contributed by atoms with Crippen LogP contribution in [0.5, 0.6) is 0 Å². The van der Waals surface area contributed by atoms with Gasteiger partial charge in [0.15, 0.2) is 0 Å². The lowest BCUT2D eigenvalue weighted by molar-refractivity contribution is 0.0695. The Morgan fingerprint density at radius 1 is 1.26 bits per heavy atom. The largest absolute Gasteiger partial charge is 0.478 e. The van der Waals surface area contributed by atoms with Gasteiger partial charge in [0.1, 0.15) is 5.82 Å². The second kappa shape index (κ2) is 5.40. The summed E-state index contributed by atoms with van der Waals surface area (Å²) in [7, 11) is 0. The summed E-state index contributed by atoms with van der Waals surface area (Å²) in [6, 6.07) is 9.06. The van der Waals surface area contributed by atoms with E-state index in [-0.39, 0.29) is 5.56 Å². The Labute approximate surface area is 119 Å². The fourth-order valence-corrected chi connectivity index (χ4v) is 2.10. The maximum Gasteiger partial charge on any atom is 0.337 e. The second-order valence-electron chi connectivity index (χ2n) is 4.17. The van der Waals surface area contributed by atoms with Crippen LogP contribution in [0.4, 0.5) is 11.5 Å². The van der Waals surface area contributed by atoms with Gasteiger partial charge in [-0.1, -0.05) is 22.0 Å². The van der Waals surface area contributed by atoms with Crippen molar-refractivity contribution in [3.05, 3.63) is 51.6 Å². The Balaban J connectivity index is 2.32. The number of aromatic nitrogens is 1. The monoisotopic (exact) mass is 320 g/mol. The lowest BCUT2D eigenvalue weighted by atomic mass is 10.2. The highest BCUT2D eigenvalue weighted by atomic mass is 79.9. The molecule has 0 atom stereocenters. The zero-order valence-electron chi connectivity index (χ0n) is 10.6. The van der Waals surface area contributed by atoms with Crippen LogP contribution in [0.3, 0.4) is 0 Å². The van der Waals surface area contributed by atoms with E-state index >= 15 is 0 Å². The van der Waals surface area contributed by atoms with E-state index in [1.54, 1.807) is 19.1 Å². The molecule has 0 aliphatic heterocycles. The van der Waals surface area contributed by atoms with E-state index in [1.807, 2.05) is 25.1 Å². The molecule has 0 aliphatic carbocycles. The first kappa shape index (κ1) is 13.5. The molecule has 0 saturated carbocycles. The van der Waals surface area contributed by atoms with E-state index in [2.05, 4.69) is 26.2 Å². The van der Waals surface area contributed by atoms with E-state index in [0.717, 1.165) is 15.7 Å². The molecule has 19 heavy (non-hydrogen) atoms. The molecule has 0 radical (unpaired) electrons. The molecule has 0 unspecified atom stereocenters. The SMILES string of the molecule is Cc1nc(Nc2cccc(Br)c2C)ccc1C(=O)O. The van der Waals surface area contributed by atoms with Crippen molar-refractivity contribution in [2.24, 2.45) is 0 Å². The molecule has 2 rings (SSSR count). The zero-order valence-corrected chi connectivity index (χ0v) is 12.2. The van der Waals surface area contributed by atoms with Gasteiger partial charge in [-0.25, -0.2) is 9.78 Å². The molecule has 2 N–H and O–H groups in total. The number of nitrogens with one attached hydrogen (secondary N) is 1. The molecule has 0 amide bonds. The van der Waals surface area contributed by atoms with Crippen LogP contribution >= 0.6 is 15.9 Å². The van der Waals surface area contributed by atoms with Gasteiger partial charge in [-0.05, 0) is 43.7 Å². The topological polar surface area (TPSA) is 62.2 Å². The van der Waals surface area contributed by atoms with Crippen molar-refractivity contribution in [1.29, 1.82) is 0 Å². The fourth-order valence-electron chi connectivity index (χ4n) is 1.74. The Morgan fingerprint density at radius 3 is 2.63 bits per heavy atom. The quantitative estimate of drug-likeness (QED) is 0.900. The summed E-state index contributed by atoms with van der Waals surface area (Å²) in [4.78, 5) is 15.2. The molecule has 1 heterocycles. The summed E-state index contributed by atoms with van der Waals surface area (Å²) < 4.78 is 1.01. The number of carbonyl (C=O) groups is 1. The average molecular weight is 321 g/mol. The molecule has 0 fully saturated rings. The minimum atomic E-state index is -0.963. The van der Waals surface area contributed by atoms with Crippen LogP contribution < -0.4 is 5.32 Å². The van der Waals surface area contributed by atoms with Crippen molar-refractivity contribution in [2.75, 3.05) is 5.32 Å². The highest BCUT2D eigenvalue weighted by molar-refractivity contribution is 9.10. The smallest absolute Gasteiger partial charge is 0.337 e. The molecule has 2 aromatic rings. The van der Waals surface area contributed by atoms with Crippen LogP contribution in [-0.4, -0.2) is 16.1 Å². The third-order valence-electron chi connectivity index (χ3n) is 2.85. The number of anilines is 2. The number of rotatable bonds is 3. The third-order valence-corrected chi connectivity index (χ3v) is 3.71. The van der Waals surface area contributed by atoms with E-state index in [9.17, 15) is 4.79 Å². The molecule has 5 heteroatoms. The third kappa shape index (κ3) is 2.93. The number of pyridine rings is 1. The van der Waals surface area contributed by atoms with E-state index in [4.69, 9.17) is 5.11 Å². The van der Waals surface area contributed by atoms with Crippen molar-refractivity contribution >= 4 is 33.4 Å². The first-order valence-corrected chi connectivity index (χ1v) is 6.51. The predicted molar refractivity (Wildman–Crippen MR) is 78.1 cm³/mol. The number of aryl methyl sites for hydroxylation is 1. The average Bonchev–Trinajstić information content (AvgIpc) is 2.34. The molecule has 0 spiro atoms. The van der Waals surface area contributed by atoms with Gasteiger partial charge in [0.2, 0.25) is 0 Å². The molecule has 0 bridgehead atoms. The normalized spacial score (nSPS) is 10.3. The molecule has 98 valence electrons. The molecule has 1 aromatic carbocycles. The maximum absolute atomic E-state index is 10.9. The Kier molecular flexibility index (Phi) is 3.85. The summed E-state index contributed by atoms with van der Waals surface area (Å²) in [6.45, 7) is 3.67. The van der Waals surface area contributed by atoms with Crippen molar-refractivity contribution in [1.82, 2.24) is 4.98 Å². The lowest BCUT2D eigenvalue weighted by Gasteiger charge is -2.11. The van der Waals surface area contributed by atoms with Crippen molar-refractivity contribution in [3.8, 4) is 0 Å². The first-order valence-electron chi connectivity index (χ1n) is 5.72. The summed E-state index contributed by atoms with van der Waals surface area (Å²) in [5.41, 5.74) is 2.72. The molecule has 0 saturated heterocycles. The summed E-state index contributed by atoms with van der Waals surface area (Å²) in [5, 5.41) is 12.1. The summed E-state index contributed by atoms with van der Waals surface area (Å²) in [6.07, 6.45) is 0. The number of hydrogen-bond acceptors (Lipinski definition) is 3. The standard InChI is InChI=1S/C14H13BrN2O2/c1-8-11(15)4-3-5-12(8)17-13-7-6-10(14(18)19)9(2)16-13/h3-7H,1-2H3,(H,16,17)(H,18,19). The number of carboxylic acid groups (broad SMARTS) is 1. The predicted octanol–water partition coefficient (Wildman–Crippen LogP) is 3.90. The number of aromatic carboxylic acids is 1. The summed E-state index contributed by atoms with van der Waals surface area (Å²) in [5.74, 6) is -0.334. The van der Waals surface area contributed by atoms with Gasteiger partial charge >= 0.3 is 5.97 Å². The van der Waals surface area contributed by atoms with Gasteiger partial charge in [0.05, 0.1) is 11.3 Å². The number of hydrogen-bond donors (Lipinski definition) is 2. The van der Waals surface area contributed by atoms with Crippen molar-refractivity contribution in [3.63, 3.8) is 0 Å². The minimum absolute atomic E-state index is 0.219. The van der Waals surface area contributed by atoms with Gasteiger partial charge in [0, 0.05) is 10.2 Å². The van der Waals surface area contributed by atoms with Crippen LogP contribution in [0.2, 0.25) is 0 Å². The summed E-state index contributed by atoms with van der Waals surface area (Å²) >= 11 is 3.47. The van der Waals surface area contributed by atoms with Gasteiger partial charge in [-0.3, -0.25) is 0 Å². The highest BCUT2D eigenvalue weighted by Crippen LogP contribution is 2.26. The lowest BCUT2D eigenvalue weighted by Crippen LogP contribution is -2.04. The molecule has 1 aromatic heterocycles. The first-order chi connectivity index (χ1) is 8.99. The second-order valence-corrected chi connectivity index (χ2v) is 5.03. The van der Waals surface area contributed by atoms with E-state index in [1.165, 1.54) is 0 Å². The van der Waals surface area contributed by atoms with Crippen molar-refractivity contribution in [2.45, 2.75) is 13.8 Å². The molecule has 0 aliphatic rings. The Morgan fingerprint density at radius 2 is 2.00 bits per heavy atom. The Hall–Kier alpha value is -1.88. The number of nitrogens with zero attached hydrogens (tertiary/aromatic N) is 1. The van der Waals surface area contributed by atoms with E-state index in [0.29, 0.717) is 11.5 Å². The van der Waals surface area contributed by atoms with Crippen LogP contribution in [-0.2, 0) is 0 Å². The molecular weight excluding hydrogens is 308 g/mol. The number of halogens is 1. The van der Waals surface area contributed by atoms with Gasteiger partial charge < -0.3 is 10.4 Å². The van der Waals surface area contributed by atoms with Crippen LogP contribution in [0.25, 0.3) is 0 Å². The van der Waals surface area contributed by atoms with Gasteiger partial charge in [-0.15, -0.1) is 0 Å². The number of carboxylic acids is 1. The molecular formula is C14H13BrN2O2. The highest BCUT2D eigenvalue weighted by Gasteiger charge is 2.09. The Bertz CT molecular complexity index is 641. The maximum atomic E-state index is 10.9. The number of benzene rings is 1. The van der Waals surface area contributed by atoms with Crippen LogP contribution in [0, 0.1) is 13.8 Å². The zero-order chi connectivity index (χ0) is 14.0. The van der Waals surface area contributed by atoms with Crippen LogP contribution in [0.1, 0.15) is 21.6 Å². The van der Waals surface area contributed by atoms with Gasteiger partial charge in [0.25, 0.3) is 0 Å². The fraction of sp³-hybridized carbons (Fsp3) is 0.143. The van der Waals surface area contributed by atoms with Crippen LogP contribution in [0.15, 0.2) is 34.8 Å².